The van der Waals surface area contributed by atoms with Crippen molar-refractivity contribution < 1.29 is 16.4 Å². The highest BCUT2D eigenvalue weighted by Gasteiger charge is 2.15. The van der Waals surface area contributed by atoms with E-state index in [4.69, 9.17) is 5.48 Å². The molecule has 0 fully saturated rings. The quantitative estimate of drug-likeness (QED) is 0.151. The maximum Gasteiger partial charge on any atom is 0.0645 e. The Labute approximate surface area is 344 Å². The predicted molar refractivity (Wildman–Crippen MR) is 237 cm³/mol. The molecule has 0 aliphatic rings. The van der Waals surface area contributed by atoms with Gasteiger partial charge in [-0.1, -0.05) is 170 Å². The van der Waals surface area contributed by atoms with Crippen LogP contribution >= 0.6 is 0 Å². The zero-order valence-corrected chi connectivity index (χ0v) is 29.9. The molecule has 0 aliphatic carbocycles. The summed E-state index contributed by atoms with van der Waals surface area (Å²) in [6.45, 7) is 0. The summed E-state index contributed by atoms with van der Waals surface area (Å²) in [6.07, 6.45) is 0. The van der Waals surface area contributed by atoms with Crippen LogP contribution in [0.3, 0.4) is 0 Å². The van der Waals surface area contributed by atoms with Crippen LogP contribution in [0.5, 0.6) is 0 Å². The van der Waals surface area contributed by atoms with E-state index >= 15 is 0 Å². The molecule has 10 rings (SSSR count). The highest BCUT2D eigenvalue weighted by atomic mass is 15.1. The van der Waals surface area contributed by atoms with Crippen LogP contribution in [0.1, 0.15) is 16.4 Å². The standard InChI is InChI=1S/C54H38N2/c1-3-12-39(13-4-1)42-26-32-47(33-27-42)55(48-34-28-43(29-35-48)40-14-5-2-6-15-40)49-36-30-44(31-37-49)41-22-24-45(25-23-41)46-16-11-17-50(38-46)56-53-20-9-7-18-51(53)52-19-8-10-21-54(52)56/h1-38H/i26D,27D,28D,29D,30D,31D,32D,33D,34D,35D,36D,37D. The first kappa shape index (κ1) is 22.7. The van der Waals surface area contributed by atoms with E-state index < -0.39 is 89.6 Å². The summed E-state index contributed by atoms with van der Waals surface area (Å²) in [7, 11) is 0. The van der Waals surface area contributed by atoms with E-state index in [1.54, 1.807) is 72.8 Å². The Hall–Kier alpha value is -7.42. The number of nitrogens with zero attached hydrogens (tertiary/aromatic N) is 2. The normalized spacial score (nSPS) is 14.2. The van der Waals surface area contributed by atoms with E-state index in [-0.39, 0.29) is 16.7 Å². The van der Waals surface area contributed by atoms with Gasteiger partial charge in [-0.05, 0) is 105 Å². The van der Waals surface area contributed by atoms with Crippen LogP contribution in [0, 0.1) is 0 Å². The minimum Gasteiger partial charge on any atom is -0.311 e. The molecule has 0 unspecified atom stereocenters. The van der Waals surface area contributed by atoms with Gasteiger partial charge in [-0.15, -0.1) is 0 Å². The lowest BCUT2D eigenvalue weighted by atomic mass is 9.99. The Morgan fingerprint density at radius 1 is 0.304 bits per heavy atom. The maximum absolute atomic E-state index is 9.52. The fourth-order valence-electron chi connectivity index (χ4n) is 7.09. The lowest BCUT2D eigenvalue weighted by molar-refractivity contribution is 1.18. The van der Waals surface area contributed by atoms with E-state index in [0.717, 1.165) is 43.5 Å². The largest absolute Gasteiger partial charge is 0.311 e. The van der Waals surface area contributed by atoms with Crippen molar-refractivity contribution in [2.24, 2.45) is 0 Å². The van der Waals surface area contributed by atoms with Crippen molar-refractivity contribution in [2.75, 3.05) is 4.90 Å². The van der Waals surface area contributed by atoms with Gasteiger partial charge in [0.15, 0.2) is 0 Å². The van der Waals surface area contributed by atoms with Gasteiger partial charge in [-0.2, -0.15) is 0 Å². The van der Waals surface area contributed by atoms with Crippen molar-refractivity contribution in [2.45, 2.75) is 0 Å². The van der Waals surface area contributed by atoms with Crippen LogP contribution in [0.25, 0.3) is 72.0 Å². The smallest absolute Gasteiger partial charge is 0.0645 e. The van der Waals surface area contributed by atoms with Crippen LogP contribution in [0.2, 0.25) is 0 Å². The number of para-hydroxylation sites is 2. The summed E-state index contributed by atoms with van der Waals surface area (Å²) in [6, 6.07) is 41.4. The van der Waals surface area contributed by atoms with E-state index in [9.17, 15) is 11.0 Å². The first-order chi connectivity index (χ1) is 32.8. The number of hydrogen-bond donors (Lipinski definition) is 0. The minimum absolute atomic E-state index is 0.0416. The van der Waals surface area contributed by atoms with E-state index in [2.05, 4.69) is 34.9 Å². The molecule has 2 nitrogen and oxygen atoms in total. The Bertz CT molecular complexity index is 3400. The number of rotatable bonds is 8. The molecule has 0 saturated carbocycles. The van der Waals surface area contributed by atoms with Crippen molar-refractivity contribution in [3.05, 3.63) is 230 Å². The molecule has 9 aromatic carbocycles. The highest BCUT2D eigenvalue weighted by molar-refractivity contribution is 6.09. The average Bonchev–Trinajstić information content (AvgIpc) is 3.70. The number of aromatic nitrogens is 1. The molecule has 0 atom stereocenters. The molecule has 0 saturated heterocycles. The molecular formula is C54H38N2. The predicted octanol–water partition coefficient (Wildman–Crippen LogP) is 14.9. The molecule has 0 N–H and O–H groups in total. The number of fused-ring (bicyclic) bond motifs is 3. The summed E-state index contributed by atoms with van der Waals surface area (Å²) in [4.78, 5) is 0.836. The zero-order valence-electron chi connectivity index (χ0n) is 41.9. The van der Waals surface area contributed by atoms with Crippen molar-refractivity contribution >= 4 is 38.9 Å². The fourth-order valence-corrected chi connectivity index (χ4v) is 7.09. The number of benzene rings is 9. The second kappa shape index (κ2) is 14.4. The topological polar surface area (TPSA) is 8.17 Å². The Kier molecular flexibility index (Phi) is 5.85. The van der Waals surface area contributed by atoms with E-state index in [1.165, 1.54) is 0 Å². The molecule has 0 radical (unpaired) electrons. The molecule has 264 valence electrons. The van der Waals surface area contributed by atoms with Gasteiger partial charge < -0.3 is 9.47 Å². The van der Waals surface area contributed by atoms with Gasteiger partial charge in [0, 0.05) is 33.5 Å². The number of anilines is 3. The third-order valence-corrected chi connectivity index (χ3v) is 9.82. The summed E-state index contributed by atoms with van der Waals surface area (Å²) in [5.74, 6) is 0. The molecule has 1 aromatic heterocycles. The lowest BCUT2D eigenvalue weighted by Gasteiger charge is -2.26. The summed E-state index contributed by atoms with van der Waals surface area (Å²) in [5.41, 5.74) is 4.07. The maximum atomic E-state index is 9.52. The molecule has 0 amide bonds. The van der Waals surface area contributed by atoms with Gasteiger partial charge >= 0.3 is 0 Å². The van der Waals surface area contributed by atoms with Gasteiger partial charge in [0.2, 0.25) is 0 Å². The second-order valence-corrected chi connectivity index (χ2v) is 13.2. The molecule has 1 heterocycles. The number of hydrogen-bond acceptors (Lipinski definition) is 1. The first-order valence-corrected chi connectivity index (χ1v) is 18.2. The average molecular weight is 727 g/mol. The van der Waals surface area contributed by atoms with Crippen LogP contribution in [-0.2, 0) is 0 Å². The Balaban J connectivity index is 1.13. The molecular weight excluding hydrogens is 677 g/mol. The van der Waals surface area contributed by atoms with Crippen LogP contribution in [-0.4, -0.2) is 4.57 Å². The van der Waals surface area contributed by atoms with Crippen molar-refractivity contribution in [1.29, 1.82) is 0 Å². The van der Waals surface area contributed by atoms with Crippen molar-refractivity contribution in [3.8, 4) is 50.2 Å². The van der Waals surface area contributed by atoms with Crippen LogP contribution in [0.15, 0.2) is 230 Å². The Morgan fingerprint density at radius 2 is 0.661 bits per heavy atom. The van der Waals surface area contributed by atoms with Crippen molar-refractivity contribution in [3.63, 3.8) is 0 Å². The molecule has 0 bridgehead atoms. The first-order valence-electron chi connectivity index (χ1n) is 24.2. The second-order valence-electron chi connectivity index (χ2n) is 13.2. The van der Waals surface area contributed by atoms with Gasteiger partial charge in [0.25, 0.3) is 0 Å². The third kappa shape index (κ3) is 6.24. The van der Waals surface area contributed by atoms with E-state index in [1.807, 2.05) is 54.6 Å². The zero-order chi connectivity index (χ0) is 47.7. The van der Waals surface area contributed by atoms with E-state index in [0.29, 0.717) is 16.7 Å². The molecule has 0 aliphatic heterocycles. The lowest BCUT2D eigenvalue weighted by Crippen LogP contribution is -2.09. The SMILES string of the molecule is [2H]c1c([2H])c(N(c2c([2H])c([2H])c(-c3ccccc3)c([2H])c2[2H])c2c([2H])c([2H])c(-c3ccc(-c4cccc(-n5c6ccccc6c6ccccc65)c4)cc3)c([2H])c2[2H])c([2H])c([2H])c1-c1ccccc1. The fraction of sp³-hybridized carbons (Fsp3) is 0. The van der Waals surface area contributed by atoms with Crippen LogP contribution < -0.4 is 4.90 Å². The summed E-state index contributed by atoms with van der Waals surface area (Å²) in [5, 5.41) is 2.28. The minimum atomic E-state index is -0.669. The summed E-state index contributed by atoms with van der Waals surface area (Å²) < 4.78 is 114. The highest BCUT2D eigenvalue weighted by Crippen LogP contribution is 2.38. The van der Waals surface area contributed by atoms with Gasteiger partial charge in [-0.25, -0.2) is 0 Å². The molecule has 56 heavy (non-hydrogen) atoms. The van der Waals surface area contributed by atoms with Gasteiger partial charge in [0.1, 0.15) is 0 Å². The third-order valence-electron chi connectivity index (χ3n) is 9.82. The van der Waals surface area contributed by atoms with Gasteiger partial charge in [0.05, 0.1) is 27.5 Å². The van der Waals surface area contributed by atoms with Gasteiger partial charge in [-0.3, -0.25) is 0 Å². The summed E-state index contributed by atoms with van der Waals surface area (Å²) >= 11 is 0. The Morgan fingerprint density at radius 3 is 1.11 bits per heavy atom. The molecule has 10 aromatic rings. The van der Waals surface area contributed by atoms with Crippen LogP contribution in [0.4, 0.5) is 17.1 Å². The monoisotopic (exact) mass is 726 g/mol. The molecule has 2 heteroatoms. The molecule has 0 spiro atoms. The van der Waals surface area contributed by atoms with Crippen molar-refractivity contribution in [1.82, 2.24) is 4.57 Å².